The van der Waals surface area contributed by atoms with Gasteiger partial charge in [-0.2, -0.15) is 0 Å². The van der Waals surface area contributed by atoms with Crippen molar-refractivity contribution in [2.24, 2.45) is 0 Å². The Morgan fingerprint density at radius 3 is 2.38 bits per heavy atom. The topological polar surface area (TPSA) is 63.8 Å². The van der Waals surface area contributed by atoms with E-state index in [0.717, 1.165) is 39.9 Å². The number of Topliss-reactive ketones (excluding diaryl/α,β-unsaturated/α-hetero) is 1. The third-order valence-corrected chi connectivity index (χ3v) is 6.48. The number of aromatic nitrogens is 1. The highest BCUT2D eigenvalue weighted by Gasteiger charge is 2.34. The van der Waals surface area contributed by atoms with Crippen molar-refractivity contribution in [3.8, 4) is 17.2 Å². The lowest BCUT2D eigenvalue weighted by Gasteiger charge is -2.37. The standard InChI is InChI=1S/C26H30N2O4/c1-15-24(19-13-18(30-5)8-9-20(19)27-15)25(29)21-10-16-11-22(31-6)23(32-7)12-17(16)14-26(2,3)28(21)4/h8-13,27H,14H2,1-7H3. The minimum Gasteiger partial charge on any atom is -0.497 e. The molecule has 0 atom stereocenters. The van der Waals surface area contributed by atoms with Crippen molar-refractivity contribution in [1.82, 2.24) is 9.88 Å². The van der Waals surface area contributed by atoms with Crippen LogP contribution in [0.5, 0.6) is 17.2 Å². The smallest absolute Gasteiger partial charge is 0.211 e. The van der Waals surface area contributed by atoms with E-state index in [2.05, 4.69) is 23.7 Å². The summed E-state index contributed by atoms with van der Waals surface area (Å²) < 4.78 is 16.4. The molecule has 0 aliphatic carbocycles. The predicted molar refractivity (Wildman–Crippen MR) is 127 cm³/mol. The van der Waals surface area contributed by atoms with Gasteiger partial charge in [0.15, 0.2) is 11.5 Å². The minimum atomic E-state index is -0.288. The van der Waals surface area contributed by atoms with Crippen molar-refractivity contribution >= 4 is 22.8 Å². The number of aromatic amines is 1. The van der Waals surface area contributed by atoms with Gasteiger partial charge in [0, 0.05) is 29.2 Å². The van der Waals surface area contributed by atoms with Gasteiger partial charge in [0.25, 0.3) is 0 Å². The molecule has 0 spiro atoms. The average Bonchev–Trinajstić information content (AvgIpc) is 3.06. The van der Waals surface area contributed by atoms with Gasteiger partial charge in [-0.1, -0.05) is 0 Å². The number of fused-ring (bicyclic) bond motifs is 2. The van der Waals surface area contributed by atoms with Crippen LogP contribution in [0.4, 0.5) is 0 Å². The average molecular weight is 435 g/mol. The second-order valence-corrected chi connectivity index (χ2v) is 8.85. The van der Waals surface area contributed by atoms with E-state index in [1.807, 2.05) is 50.4 Å². The van der Waals surface area contributed by atoms with Crippen LogP contribution in [0.3, 0.4) is 0 Å². The largest absolute Gasteiger partial charge is 0.497 e. The van der Waals surface area contributed by atoms with Crippen molar-refractivity contribution in [3.63, 3.8) is 0 Å². The second-order valence-electron chi connectivity index (χ2n) is 8.85. The molecule has 1 aliphatic rings. The van der Waals surface area contributed by atoms with Crippen LogP contribution in [0, 0.1) is 6.92 Å². The fraction of sp³-hybridized carbons (Fsp3) is 0.346. The van der Waals surface area contributed by atoms with E-state index in [1.54, 1.807) is 21.3 Å². The second kappa shape index (κ2) is 7.93. The number of nitrogens with zero attached hydrogens (tertiary/aromatic N) is 1. The van der Waals surface area contributed by atoms with Gasteiger partial charge in [-0.3, -0.25) is 4.79 Å². The van der Waals surface area contributed by atoms with E-state index in [0.29, 0.717) is 22.8 Å². The van der Waals surface area contributed by atoms with Gasteiger partial charge >= 0.3 is 0 Å². The molecule has 1 aliphatic heterocycles. The van der Waals surface area contributed by atoms with Crippen molar-refractivity contribution in [3.05, 3.63) is 58.4 Å². The Hall–Kier alpha value is -3.41. The number of carbonyl (C=O) groups excluding carboxylic acids is 1. The summed E-state index contributed by atoms with van der Waals surface area (Å²) in [6.45, 7) is 6.22. The minimum absolute atomic E-state index is 0.0276. The van der Waals surface area contributed by atoms with Crippen LogP contribution in [-0.2, 0) is 6.42 Å². The first-order valence-electron chi connectivity index (χ1n) is 10.6. The van der Waals surface area contributed by atoms with Crippen LogP contribution in [0.1, 0.15) is 41.0 Å². The number of hydrogen-bond acceptors (Lipinski definition) is 5. The fourth-order valence-electron chi connectivity index (χ4n) is 4.45. The van der Waals surface area contributed by atoms with E-state index >= 15 is 0 Å². The maximum atomic E-state index is 14.0. The lowest BCUT2D eigenvalue weighted by molar-refractivity contribution is 0.0959. The highest BCUT2D eigenvalue weighted by Crippen LogP contribution is 2.39. The quantitative estimate of drug-likeness (QED) is 0.573. The molecule has 2 aromatic carbocycles. The maximum Gasteiger partial charge on any atom is 0.211 e. The molecule has 6 heteroatoms. The number of likely N-dealkylation sites (N-methyl/N-ethyl adjacent to an activating group) is 1. The molecule has 3 aromatic rings. The molecular formula is C26H30N2O4. The monoisotopic (exact) mass is 434 g/mol. The third kappa shape index (κ3) is 3.49. The number of rotatable bonds is 5. The molecule has 1 aromatic heterocycles. The molecule has 0 bridgehead atoms. The normalized spacial score (nSPS) is 15.1. The Kier molecular flexibility index (Phi) is 5.41. The summed E-state index contributed by atoms with van der Waals surface area (Å²) in [6, 6.07) is 9.70. The number of methoxy groups -OCH3 is 3. The molecule has 1 N–H and O–H groups in total. The number of ether oxygens (including phenoxy) is 3. The van der Waals surface area contributed by atoms with E-state index in [9.17, 15) is 4.79 Å². The van der Waals surface area contributed by atoms with Crippen LogP contribution in [0.2, 0.25) is 0 Å². The Bertz CT molecular complexity index is 1240. The van der Waals surface area contributed by atoms with E-state index in [1.165, 1.54) is 0 Å². The number of nitrogens with one attached hydrogen (secondary N) is 1. The predicted octanol–water partition coefficient (Wildman–Crippen LogP) is 4.99. The summed E-state index contributed by atoms with van der Waals surface area (Å²) in [5.74, 6) is 2.02. The lowest BCUT2D eigenvalue weighted by atomic mass is 9.92. The summed E-state index contributed by atoms with van der Waals surface area (Å²) in [5.41, 5.74) is 4.82. The van der Waals surface area contributed by atoms with Crippen LogP contribution >= 0.6 is 0 Å². The first-order valence-corrected chi connectivity index (χ1v) is 10.6. The molecule has 0 saturated carbocycles. The van der Waals surface area contributed by atoms with Gasteiger partial charge in [-0.15, -0.1) is 0 Å². The van der Waals surface area contributed by atoms with Crippen molar-refractivity contribution in [2.45, 2.75) is 32.7 Å². The molecule has 0 amide bonds. The summed E-state index contributed by atoms with van der Waals surface area (Å²) in [4.78, 5) is 19.4. The number of aryl methyl sites for hydroxylation is 1. The van der Waals surface area contributed by atoms with Crippen LogP contribution < -0.4 is 14.2 Å². The first kappa shape index (κ1) is 21.8. The summed E-state index contributed by atoms with van der Waals surface area (Å²) >= 11 is 0. The van der Waals surface area contributed by atoms with Gasteiger partial charge < -0.3 is 24.1 Å². The Morgan fingerprint density at radius 1 is 1.03 bits per heavy atom. The molecule has 0 saturated heterocycles. The lowest BCUT2D eigenvalue weighted by Crippen LogP contribution is -2.43. The molecule has 2 heterocycles. The molecule has 0 fully saturated rings. The van der Waals surface area contributed by atoms with Crippen LogP contribution in [-0.4, -0.2) is 49.6 Å². The highest BCUT2D eigenvalue weighted by atomic mass is 16.5. The maximum absolute atomic E-state index is 14.0. The SMILES string of the molecule is COc1ccc2[nH]c(C)c(C(=O)C3=Cc4cc(OC)c(OC)cc4CC(C)(C)N3C)c2c1. The molecule has 0 radical (unpaired) electrons. The molecule has 4 rings (SSSR count). The van der Waals surface area contributed by atoms with Gasteiger partial charge in [0.1, 0.15) is 5.75 Å². The Labute approximate surface area is 188 Å². The molecule has 0 unspecified atom stereocenters. The summed E-state index contributed by atoms with van der Waals surface area (Å²) in [7, 11) is 6.87. The van der Waals surface area contributed by atoms with Gasteiger partial charge in [0.2, 0.25) is 5.78 Å². The number of H-pyrrole nitrogens is 1. The van der Waals surface area contributed by atoms with E-state index in [4.69, 9.17) is 14.2 Å². The molecule has 168 valence electrons. The van der Waals surface area contributed by atoms with Gasteiger partial charge in [-0.05, 0) is 74.7 Å². The summed E-state index contributed by atoms with van der Waals surface area (Å²) in [6.07, 6.45) is 2.72. The van der Waals surface area contributed by atoms with Gasteiger partial charge in [0.05, 0.1) is 32.6 Å². The van der Waals surface area contributed by atoms with Crippen LogP contribution in [0.15, 0.2) is 36.0 Å². The number of allylic oxidation sites excluding steroid dienone is 1. The molecule has 32 heavy (non-hydrogen) atoms. The zero-order valence-corrected chi connectivity index (χ0v) is 19.8. The molecular weight excluding hydrogens is 404 g/mol. The van der Waals surface area contributed by atoms with Crippen molar-refractivity contribution in [1.29, 1.82) is 0 Å². The number of benzene rings is 2. The zero-order chi connectivity index (χ0) is 23.2. The summed E-state index contributed by atoms with van der Waals surface area (Å²) in [5, 5.41) is 0.857. The van der Waals surface area contributed by atoms with Crippen molar-refractivity contribution < 1.29 is 19.0 Å². The fourth-order valence-corrected chi connectivity index (χ4v) is 4.45. The molecule has 6 nitrogen and oxygen atoms in total. The Balaban J connectivity index is 1.92. The third-order valence-electron chi connectivity index (χ3n) is 6.48. The zero-order valence-electron chi connectivity index (χ0n) is 19.8. The van der Waals surface area contributed by atoms with E-state index in [-0.39, 0.29) is 11.3 Å². The number of ketones is 1. The highest BCUT2D eigenvalue weighted by molar-refractivity contribution is 6.18. The van der Waals surface area contributed by atoms with Gasteiger partial charge in [-0.25, -0.2) is 0 Å². The number of carbonyl (C=O) groups is 1. The van der Waals surface area contributed by atoms with Crippen molar-refractivity contribution in [2.75, 3.05) is 28.4 Å². The van der Waals surface area contributed by atoms with E-state index < -0.39 is 0 Å². The first-order chi connectivity index (χ1) is 15.2. The van der Waals surface area contributed by atoms with Crippen LogP contribution in [0.25, 0.3) is 17.0 Å². The number of hydrogen-bond donors (Lipinski definition) is 1. The Morgan fingerprint density at radius 2 is 1.72 bits per heavy atom.